The number of amides is 2. The molecule has 0 aliphatic heterocycles. The topological polar surface area (TPSA) is 148 Å². The maximum Gasteiger partial charge on any atom is 0.326 e. The van der Waals surface area contributed by atoms with Gasteiger partial charge in [-0.3, -0.25) is 9.59 Å². The Hall–Kier alpha value is -1.32. The molecule has 3 unspecified atom stereocenters. The maximum atomic E-state index is 12.5. The fraction of sp³-hybridized carbons (Fsp3) is 0.812. The number of carboxylic acids is 1. The average molecular weight is 377 g/mol. The summed E-state index contributed by atoms with van der Waals surface area (Å²) in [5, 5.41) is 14.4. The summed E-state index contributed by atoms with van der Waals surface area (Å²) in [4.78, 5) is 35.9. The smallest absolute Gasteiger partial charge is 0.326 e. The molecular formula is C16H32N4O4S. The highest BCUT2D eigenvalue weighted by atomic mass is 32.2. The van der Waals surface area contributed by atoms with Gasteiger partial charge in [-0.2, -0.15) is 11.8 Å². The van der Waals surface area contributed by atoms with Crippen molar-refractivity contribution in [2.24, 2.45) is 17.4 Å². The van der Waals surface area contributed by atoms with Crippen molar-refractivity contribution in [1.29, 1.82) is 0 Å². The third kappa shape index (κ3) is 9.66. The molecule has 8 nitrogen and oxygen atoms in total. The highest BCUT2D eigenvalue weighted by Gasteiger charge is 2.28. The molecule has 7 N–H and O–H groups in total. The van der Waals surface area contributed by atoms with Gasteiger partial charge < -0.3 is 27.2 Å². The number of hydrogen-bond acceptors (Lipinski definition) is 6. The molecular weight excluding hydrogens is 344 g/mol. The van der Waals surface area contributed by atoms with Crippen LogP contribution in [0, 0.1) is 5.92 Å². The monoisotopic (exact) mass is 376 g/mol. The van der Waals surface area contributed by atoms with Crippen molar-refractivity contribution in [3.8, 4) is 0 Å². The zero-order valence-corrected chi connectivity index (χ0v) is 16.1. The number of nitrogens with two attached hydrogens (primary N) is 2. The van der Waals surface area contributed by atoms with E-state index in [1.807, 2.05) is 20.1 Å². The standard InChI is InChI=1S/C16H32N4O4S/c1-10(2)13(18)15(22)19-11(7-9-25-3)14(21)20-12(16(23)24)6-4-5-8-17/h10-13H,4-9,17-18H2,1-3H3,(H,19,22)(H,20,21)(H,23,24). The lowest BCUT2D eigenvalue weighted by Crippen LogP contribution is -2.55. The SMILES string of the molecule is CSCCC(NC(=O)C(N)C(C)C)C(=O)NC(CCCCN)C(=O)O. The first kappa shape index (κ1) is 23.7. The van der Waals surface area contributed by atoms with Gasteiger partial charge in [0.05, 0.1) is 6.04 Å². The molecule has 0 saturated heterocycles. The summed E-state index contributed by atoms with van der Waals surface area (Å²) < 4.78 is 0. The molecule has 25 heavy (non-hydrogen) atoms. The Morgan fingerprint density at radius 2 is 1.64 bits per heavy atom. The molecule has 0 saturated carbocycles. The van der Waals surface area contributed by atoms with Crippen molar-refractivity contribution in [2.75, 3.05) is 18.6 Å². The highest BCUT2D eigenvalue weighted by Crippen LogP contribution is 2.06. The maximum absolute atomic E-state index is 12.5. The fourth-order valence-corrected chi connectivity index (χ4v) is 2.57. The molecule has 2 amide bonds. The first-order valence-electron chi connectivity index (χ1n) is 8.52. The van der Waals surface area contributed by atoms with E-state index in [4.69, 9.17) is 11.5 Å². The largest absolute Gasteiger partial charge is 0.480 e. The molecule has 0 fully saturated rings. The van der Waals surface area contributed by atoms with E-state index >= 15 is 0 Å². The lowest BCUT2D eigenvalue weighted by molar-refractivity contribution is -0.142. The number of unbranched alkanes of at least 4 members (excludes halogenated alkanes) is 1. The van der Waals surface area contributed by atoms with Crippen molar-refractivity contribution in [1.82, 2.24) is 10.6 Å². The van der Waals surface area contributed by atoms with E-state index in [-0.39, 0.29) is 5.92 Å². The molecule has 0 rings (SSSR count). The van der Waals surface area contributed by atoms with Crippen LogP contribution >= 0.6 is 11.8 Å². The molecule has 146 valence electrons. The number of hydrogen-bond donors (Lipinski definition) is 5. The third-order valence-electron chi connectivity index (χ3n) is 3.83. The minimum absolute atomic E-state index is 0.0627. The molecule has 0 aromatic carbocycles. The van der Waals surface area contributed by atoms with Crippen LogP contribution in [0.3, 0.4) is 0 Å². The van der Waals surface area contributed by atoms with Gasteiger partial charge in [-0.1, -0.05) is 13.8 Å². The quantitative estimate of drug-likeness (QED) is 0.282. The van der Waals surface area contributed by atoms with Crippen LogP contribution in [-0.4, -0.2) is 59.6 Å². The number of nitrogens with one attached hydrogen (secondary N) is 2. The normalized spacial score (nSPS) is 14.6. The predicted octanol–water partition coefficient (Wildman–Crippen LogP) is -0.0940. The van der Waals surface area contributed by atoms with Crippen LogP contribution in [0.2, 0.25) is 0 Å². The van der Waals surface area contributed by atoms with E-state index in [1.165, 1.54) is 11.8 Å². The zero-order chi connectivity index (χ0) is 19.4. The summed E-state index contributed by atoms with van der Waals surface area (Å²) in [6.07, 6.45) is 3.89. The predicted molar refractivity (Wildman–Crippen MR) is 100 cm³/mol. The summed E-state index contributed by atoms with van der Waals surface area (Å²) in [5.41, 5.74) is 11.2. The molecule has 0 aromatic rings. The number of carbonyl (C=O) groups excluding carboxylic acids is 2. The van der Waals surface area contributed by atoms with Gasteiger partial charge in [0.1, 0.15) is 12.1 Å². The summed E-state index contributed by atoms with van der Waals surface area (Å²) in [6, 6.07) is -2.52. The van der Waals surface area contributed by atoms with Crippen LogP contribution in [0.1, 0.15) is 39.5 Å². The van der Waals surface area contributed by atoms with Crippen LogP contribution in [0.15, 0.2) is 0 Å². The van der Waals surface area contributed by atoms with Gasteiger partial charge in [-0.05, 0) is 50.2 Å². The van der Waals surface area contributed by atoms with Crippen molar-refractivity contribution < 1.29 is 19.5 Å². The van der Waals surface area contributed by atoms with Crippen molar-refractivity contribution in [3.05, 3.63) is 0 Å². The van der Waals surface area contributed by atoms with Gasteiger partial charge in [0.25, 0.3) is 0 Å². The summed E-state index contributed by atoms with van der Waals surface area (Å²) in [6.45, 7) is 4.11. The molecule has 0 aromatic heterocycles. The summed E-state index contributed by atoms with van der Waals surface area (Å²) in [5.74, 6) is -1.42. The second-order valence-electron chi connectivity index (χ2n) is 6.30. The second-order valence-corrected chi connectivity index (χ2v) is 7.28. The third-order valence-corrected chi connectivity index (χ3v) is 4.47. The van der Waals surface area contributed by atoms with E-state index in [1.54, 1.807) is 0 Å². The van der Waals surface area contributed by atoms with Crippen LogP contribution in [0.4, 0.5) is 0 Å². The second kappa shape index (κ2) is 13.0. The number of rotatable bonds is 13. The number of carbonyl (C=O) groups is 3. The molecule has 0 aliphatic carbocycles. The first-order chi connectivity index (χ1) is 11.7. The Labute approximate surface area is 153 Å². The van der Waals surface area contributed by atoms with Gasteiger partial charge in [-0.15, -0.1) is 0 Å². The van der Waals surface area contributed by atoms with E-state index in [0.717, 1.165) is 0 Å². The number of carboxylic acid groups (broad SMARTS) is 1. The molecule has 0 radical (unpaired) electrons. The molecule has 0 bridgehead atoms. The lowest BCUT2D eigenvalue weighted by atomic mass is 10.0. The van der Waals surface area contributed by atoms with Gasteiger partial charge in [-0.25, -0.2) is 4.79 Å². The Kier molecular flexibility index (Phi) is 12.3. The first-order valence-corrected chi connectivity index (χ1v) is 9.92. The van der Waals surface area contributed by atoms with Gasteiger partial charge in [0, 0.05) is 0 Å². The number of thioether (sulfide) groups is 1. The van der Waals surface area contributed by atoms with E-state index in [2.05, 4.69) is 10.6 Å². The van der Waals surface area contributed by atoms with E-state index < -0.39 is 35.9 Å². The van der Waals surface area contributed by atoms with Gasteiger partial charge >= 0.3 is 5.97 Å². The molecule has 0 aliphatic rings. The fourth-order valence-electron chi connectivity index (χ4n) is 2.10. The Bertz CT molecular complexity index is 434. The van der Waals surface area contributed by atoms with E-state index in [0.29, 0.717) is 38.0 Å². The van der Waals surface area contributed by atoms with Crippen molar-refractivity contribution in [3.63, 3.8) is 0 Å². The Balaban J connectivity index is 4.89. The van der Waals surface area contributed by atoms with Gasteiger partial charge in [0.15, 0.2) is 0 Å². The van der Waals surface area contributed by atoms with Gasteiger partial charge in [0.2, 0.25) is 11.8 Å². The lowest BCUT2D eigenvalue weighted by Gasteiger charge is -2.23. The molecule has 3 atom stereocenters. The highest BCUT2D eigenvalue weighted by molar-refractivity contribution is 7.98. The molecule has 0 spiro atoms. The average Bonchev–Trinajstić information content (AvgIpc) is 2.56. The van der Waals surface area contributed by atoms with E-state index in [9.17, 15) is 19.5 Å². The zero-order valence-electron chi connectivity index (χ0n) is 15.3. The summed E-state index contributed by atoms with van der Waals surface area (Å²) >= 11 is 1.54. The van der Waals surface area contributed by atoms with Crippen LogP contribution in [0.25, 0.3) is 0 Å². The molecule has 9 heteroatoms. The van der Waals surface area contributed by atoms with Crippen LogP contribution in [-0.2, 0) is 14.4 Å². The van der Waals surface area contributed by atoms with Crippen LogP contribution in [0.5, 0.6) is 0 Å². The van der Waals surface area contributed by atoms with Crippen molar-refractivity contribution >= 4 is 29.5 Å². The van der Waals surface area contributed by atoms with Crippen molar-refractivity contribution in [2.45, 2.75) is 57.7 Å². The Morgan fingerprint density at radius 1 is 1.04 bits per heavy atom. The molecule has 0 heterocycles. The number of aliphatic carboxylic acids is 1. The Morgan fingerprint density at radius 3 is 2.12 bits per heavy atom. The summed E-state index contributed by atoms with van der Waals surface area (Å²) in [7, 11) is 0. The minimum Gasteiger partial charge on any atom is -0.480 e. The minimum atomic E-state index is -1.10. The van der Waals surface area contributed by atoms with Crippen LogP contribution < -0.4 is 22.1 Å².